The molecule has 0 aliphatic heterocycles. The Labute approximate surface area is 131 Å². The molecular formula is C16H26BrN3. The van der Waals surface area contributed by atoms with Gasteiger partial charge in [0.2, 0.25) is 0 Å². The molecule has 20 heavy (non-hydrogen) atoms. The summed E-state index contributed by atoms with van der Waals surface area (Å²) in [6, 6.07) is 2.15. The van der Waals surface area contributed by atoms with Crippen LogP contribution >= 0.6 is 15.9 Å². The average Bonchev–Trinajstić information content (AvgIpc) is 2.36. The maximum Gasteiger partial charge on any atom is 0.133 e. The first-order chi connectivity index (χ1) is 9.40. The van der Waals surface area contributed by atoms with Crippen molar-refractivity contribution in [2.75, 3.05) is 18.0 Å². The zero-order valence-corrected chi connectivity index (χ0v) is 14.6. The monoisotopic (exact) mass is 339 g/mol. The number of pyridine rings is 1. The number of anilines is 1. The van der Waals surface area contributed by atoms with E-state index in [4.69, 9.17) is 0 Å². The van der Waals surface area contributed by atoms with E-state index in [1.807, 2.05) is 12.3 Å². The van der Waals surface area contributed by atoms with Gasteiger partial charge in [0, 0.05) is 34.9 Å². The average molecular weight is 340 g/mol. The summed E-state index contributed by atoms with van der Waals surface area (Å²) in [6.45, 7) is 15.3. The summed E-state index contributed by atoms with van der Waals surface area (Å²) < 4.78 is 1.02. The first-order valence-electron chi connectivity index (χ1n) is 7.13. The van der Waals surface area contributed by atoms with Crippen LogP contribution in [0.3, 0.4) is 0 Å². The molecule has 0 aliphatic carbocycles. The minimum absolute atomic E-state index is 0.00846. The lowest BCUT2D eigenvalue weighted by Gasteiger charge is -2.37. The Bertz CT molecular complexity index is 438. The molecular weight excluding hydrogens is 314 g/mol. The third-order valence-electron chi connectivity index (χ3n) is 3.03. The lowest BCUT2D eigenvalue weighted by atomic mass is 10.0. The highest BCUT2D eigenvalue weighted by Gasteiger charge is 2.23. The van der Waals surface area contributed by atoms with Crippen LogP contribution in [0.25, 0.3) is 0 Å². The van der Waals surface area contributed by atoms with Crippen molar-refractivity contribution in [1.29, 1.82) is 0 Å². The van der Waals surface area contributed by atoms with E-state index in [0.29, 0.717) is 0 Å². The van der Waals surface area contributed by atoms with Crippen molar-refractivity contribution in [3.05, 3.63) is 35.0 Å². The van der Waals surface area contributed by atoms with Crippen LogP contribution in [0.1, 0.15) is 39.7 Å². The second kappa shape index (κ2) is 7.79. The minimum Gasteiger partial charge on any atom is -0.348 e. The van der Waals surface area contributed by atoms with Crippen LogP contribution in [-0.2, 0) is 6.54 Å². The van der Waals surface area contributed by atoms with Crippen molar-refractivity contribution in [3.8, 4) is 0 Å². The Kier molecular flexibility index (Phi) is 6.69. The summed E-state index contributed by atoms with van der Waals surface area (Å²) in [7, 11) is 0. The lowest BCUT2D eigenvalue weighted by Crippen LogP contribution is -2.43. The molecule has 0 aromatic carbocycles. The molecule has 0 saturated carbocycles. The molecule has 1 rings (SSSR count). The van der Waals surface area contributed by atoms with E-state index in [2.05, 4.69) is 71.5 Å². The molecule has 0 bridgehead atoms. The van der Waals surface area contributed by atoms with Crippen molar-refractivity contribution in [2.24, 2.45) is 0 Å². The predicted octanol–water partition coefficient (Wildman–Crippen LogP) is 4.13. The highest BCUT2D eigenvalue weighted by Crippen LogP contribution is 2.27. The summed E-state index contributed by atoms with van der Waals surface area (Å²) in [6.07, 6.45) is 4.92. The minimum atomic E-state index is 0.00846. The van der Waals surface area contributed by atoms with Crippen LogP contribution in [0.5, 0.6) is 0 Å². The van der Waals surface area contributed by atoms with Crippen molar-refractivity contribution in [3.63, 3.8) is 0 Å². The Morgan fingerprint density at radius 1 is 1.45 bits per heavy atom. The number of hydrogen-bond acceptors (Lipinski definition) is 3. The van der Waals surface area contributed by atoms with Crippen LogP contribution in [-0.4, -0.2) is 23.6 Å². The van der Waals surface area contributed by atoms with E-state index in [0.717, 1.165) is 36.3 Å². The topological polar surface area (TPSA) is 28.2 Å². The van der Waals surface area contributed by atoms with Gasteiger partial charge in [0.25, 0.3) is 0 Å². The van der Waals surface area contributed by atoms with Crippen molar-refractivity contribution < 1.29 is 0 Å². The van der Waals surface area contributed by atoms with Gasteiger partial charge in [-0.05, 0) is 55.7 Å². The highest BCUT2D eigenvalue weighted by atomic mass is 79.9. The first kappa shape index (κ1) is 17.2. The number of rotatable bonds is 7. The fourth-order valence-electron chi connectivity index (χ4n) is 2.05. The fraction of sp³-hybridized carbons (Fsp3) is 0.562. The molecule has 4 heteroatoms. The smallest absolute Gasteiger partial charge is 0.133 e. The molecule has 0 fully saturated rings. The molecule has 1 heterocycles. The van der Waals surface area contributed by atoms with Gasteiger partial charge in [-0.15, -0.1) is 6.58 Å². The maximum absolute atomic E-state index is 4.63. The first-order valence-corrected chi connectivity index (χ1v) is 7.93. The number of nitrogens with zero attached hydrogens (tertiary/aromatic N) is 2. The number of aromatic nitrogens is 1. The van der Waals surface area contributed by atoms with E-state index in [1.165, 1.54) is 5.56 Å². The van der Waals surface area contributed by atoms with Gasteiger partial charge in [-0.2, -0.15) is 0 Å². The fourth-order valence-corrected chi connectivity index (χ4v) is 2.43. The van der Waals surface area contributed by atoms with E-state index in [-0.39, 0.29) is 5.54 Å². The second-order valence-electron chi connectivity index (χ2n) is 5.88. The second-order valence-corrected chi connectivity index (χ2v) is 6.80. The van der Waals surface area contributed by atoms with Gasteiger partial charge in [0.1, 0.15) is 5.82 Å². The van der Waals surface area contributed by atoms with Gasteiger partial charge < -0.3 is 10.2 Å². The molecule has 0 aliphatic rings. The molecule has 0 amide bonds. The van der Waals surface area contributed by atoms with Crippen LogP contribution in [0.15, 0.2) is 29.4 Å². The number of halogens is 1. The summed E-state index contributed by atoms with van der Waals surface area (Å²) in [4.78, 5) is 6.92. The van der Waals surface area contributed by atoms with Crippen LogP contribution in [0, 0.1) is 0 Å². The summed E-state index contributed by atoms with van der Waals surface area (Å²) in [5, 5.41) is 3.45. The molecule has 1 N–H and O–H groups in total. The Hall–Kier alpha value is -0.870. The normalized spacial score (nSPS) is 11.4. The predicted molar refractivity (Wildman–Crippen MR) is 91.2 cm³/mol. The van der Waals surface area contributed by atoms with Gasteiger partial charge >= 0.3 is 0 Å². The van der Waals surface area contributed by atoms with Gasteiger partial charge in [0.05, 0.1) is 0 Å². The Morgan fingerprint density at radius 2 is 2.15 bits per heavy atom. The van der Waals surface area contributed by atoms with E-state index in [9.17, 15) is 0 Å². The maximum atomic E-state index is 4.63. The van der Waals surface area contributed by atoms with Crippen LogP contribution in [0.2, 0.25) is 0 Å². The molecule has 0 atom stereocenters. The van der Waals surface area contributed by atoms with Gasteiger partial charge in [-0.3, -0.25) is 0 Å². The van der Waals surface area contributed by atoms with Gasteiger partial charge in [-0.1, -0.05) is 13.0 Å². The van der Waals surface area contributed by atoms with Gasteiger partial charge in [-0.25, -0.2) is 4.98 Å². The highest BCUT2D eigenvalue weighted by molar-refractivity contribution is 9.10. The molecule has 1 aromatic heterocycles. The zero-order valence-electron chi connectivity index (χ0n) is 13.0. The molecule has 0 saturated heterocycles. The van der Waals surface area contributed by atoms with Crippen molar-refractivity contribution in [1.82, 2.24) is 10.3 Å². The largest absolute Gasteiger partial charge is 0.348 e. The van der Waals surface area contributed by atoms with E-state index < -0.39 is 0 Å². The summed E-state index contributed by atoms with van der Waals surface area (Å²) in [5.41, 5.74) is 1.22. The van der Waals surface area contributed by atoms with Crippen LogP contribution in [0.4, 0.5) is 5.82 Å². The quantitative estimate of drug-likeness (QED) is 0.597. The zero-order chi connectivity index (χ0) is 15.2. The molecule has 1 aromatic rings. The third kappa shape index (κ3) is 4.91. The standard InChI is InChI=1S/C16H26BrN3/c1-6-8-18-11-13-10-14(17)12-19-15(13)20(9-7-2)16(3,4)5/h7,10,12,18H,2,6,8-9,11H2,1,3-5H3. The SMILES string of the molecule is C=CCN(c1ncc(Br)cc1CNCCC)C(C)(C)C. The van der Waals surface area contributed by atoms with Crippen LogP contribution < -0.4 is 10.2 Å². The number of hydrogen-bond donors (Lipinski definition) is 1. The molecule has 0 radical (unpaired) electrons. The van der Waals surface area contributed by atoms with E-state index in [1.54, 1.807) is 0 Å². The van der Waals surface area contributed by atoms with Gasteiger partial charge in [0.15, 0.2) is 0 Å². The molecule has 0 spiro atoms. The number of nitrogens with one attached hydrogen (secondary N) is 1. The molecule has 112 valence electrons. The van der Waals surface area contributed by atoms with E-state index >= 15 is 0 Å². The third-order valence-corrected chi connectivity index (χ3v) is 3.46. The Morgan fingerprint density at radius 3 is 2.70 bits per heavy atom. The van der Waals surface area contributed by atoms with Crippen molar-refractivity contribution >= 4 is 21.7 Å². The summed E-state index contributed by atoms with van der Waals surface area (Å²) in [5.74, 6) is 1.03. The molecule has 0 unspecified atom stereocenters. The lowest BCUT2D eigenvalue weighted by molar-refractivity contribution is 0.514. The van der Waals surface area contributed by atoms with Crippen molar-refractivity contribution in [2.45, 2.75) is 46.2 Å². The summed E-state index contributed by atoms with van der Waals surface area (Å²) >= 11 is 3.51. The Balaban J connectivity index is 3.09. The molecule has 3 nitrogen and oxygen atoms in total.